The maximum Gasteiger partial charge on any atom is 0.329 e. The Morgan fingerprint density at radius 1 is 1.06 bits per heavy atom. The Balaban J connectivity index is 1.34. The van der Waals surface area contributed by atoms with Crippen molar-refractivity contribution in [2.24, 2.45) is 11.8 Å². The largest absolute Gasteiger partial charge is 0.454 e. The highest BCUT2D eigenvalue weighted by molar-refractivity contribution is 7.99. The fourth-order valence-electron chi connectivity index (χ4n) is 4.05. The molecule has 1 saturated heterocycles. The standard InChI is InChI=1S/C25H23ClN2O5S/c1-15(28-23(30)18-6-2-3-7-19(18)24(28)31)25(32)33-14-22(29)27-20-8-4-5-9-21(20)34-17-12-10-16(26)11-13-17/h2-5,8-13,15,18-19H,6-7,14H2,1H3,(H,27,29)/t15-,18-,19-/m0/s1. The van der Waals surface area contributed by atoms with E-state index in [1.807, 2.05) is 36.4 Å². The zero-order valence-electron chi connectivity index (χ0n) is 18.4. The number of amides is 3. The van der Waals surface area contributed by atoms with Crippen molar-refractivity contribution < 1.29 is 23.9 Å². The Kier molecular flexibility index (Phi) is 7.38. The number of carbonyl (C=O) groups excluding carboxylic acids is 4. The second kappa shape index (κ2) is 10.4. The molecule has 0 unspecified atom stereocenters. The van der Waals surface area contributed by atoms with Gasteiger partial charge in [-0.1, -0.05) is 47.6 Å². The summed E-state index contributed by atoms with van der Waals surface area (Å²) < 4.78 is 5.14. The molecule has 2 aliphatic rings. The Morgan fingerprint density at radius 3 is 2.32 bits per heavy atom. The predicted molar refractivity (Wildman–Crippen MR) is 128 cm³/mol. The van der Waals surface area contributed by atoms with Crippen LogP contribution in [0.5, 0.6) is 0 Å². The molecule has 2 aromatic carbocycles. The van der Waals surface area contributed by atoms with E-state index in [0.29, 0.717) is 23.6 Å². The number of ether oxygens (including phenoxy) is 1. The number of imide groups is 1. The topological polar surface area (TPSA) is 92.8 Å². The van der Waals surface area contributed by atoms with Crippen molar-refractivity contribution in [1.29, 1.82) is 0 Å². The molecule has 0 aromatic heterocycles. The van der Waals surface area contributed by atoms with Crippen LogP contribution in [0.3, 0.4) is 0 Å². The van der Waals surface area contributed by atoms with E-state index >= 15 is 0 Å². The molecular weight excluding hydrogens is 476 g/mol. The molecule has 9 heteroatoms. The molecule has 176 valence electrons. The average molecular weight is 499 g/mol. The Hall–Kier alpha value is -3.10. The lowest BCUT2D eigenvalue weighted by molar-refractivity contribution is -0.159. The minimum Gasteiger partial charge on any atom is -0.454 e. The Bertz CT molecular complexity index is 1120. The number of anilines is 1. The predicted octanol–water partition coefficient (Wildman–Crippen LogP) is 4.31. The van der Waals surface area contributed by atoms with Gasteiger partial charge in [0.2, 0.25) is 11.8 Å². The van der Waals surface area contributed by atoms with E-state index in [1.165, 1.54) is 18.7 Å². The van der Waals surface area contributed by atoms with Crippen molar-refractivity contribution >= 4 is 52.7 Å². The van der Waals surface area contributed by atoms with Crippen LogP contribution in [0.4, 0.5) is 5.69 Å². The third kappa shape index (κ3) is 5.18. The van der Waals surface area contributed by atoms with Crippen LogP contribution in [0.2, 0.25) is 5.02 Å². The molecule has 2 aromatic rings. The minimum absolute atomic E-state index is 0.360. The number of carbonyl (C=O) groups is 4. The molecule has 3 atom stereocenters. The molecule has 4 rings (SSSR count). The molecule has 3 amide bonds. The van der Waals surface area contributed by atoms with Crippen molar-refractivity contribution in [2.45, 2.75) is 35.6 Å². The number of para-hydroxylation sites is 1. The number of fused-ring (bicyclic) bond motifs is 1. The van der Waals surface area contributed by atoms with Gasteiger partial charge in [-0.15, -0.1) is 0 Å². The lowest BCUT2D eigenvalue weighted by atomic mass is 9.85. The Morgan fingerprint density at radius 2 is 1.68 bits per heavy atom. The fraction of sp³-hybridized carbons (Fsp3) is 0.280. The molecule has 0 radical (unpaired) electrons. The first-order chi connectivity index (χ1) is 16.3. The number of allylic oxidation sites excluding steroid dienone is 2. The van der Waals surface area contributed by atoms with E-state index in [2.05, 4.69) is 5.32 Å². The first-order valence-electron chi connectivity index (χ1n) is 10.9. The summed E-state index contributed by atoms with van der Waals surface area (Å²) in [5, 5.41) is 3.38. The number of hydrogen-bond acceptors (Lipinski definition) is 6. The van der Waals surface area contributed by atoms with Gasteiger partial charge in [-0.3, -0.25) is 19.3 Å². The van der Waals surface area contributed by atoms with Crippen LogP contribution < -0.4 is 5.32 Å². The summed E-state index contributed by atoms with van der Waals surface area (Å²) in [5.74, 6) is -2.90. The Labute approximate surface area is 206 Å². The van der Waals surface area contributed by atoms with Crippen molar-refractivity contribution in [3.8, 4) is 0 Å². The minimum atomic E-state index is -1.09. The SMILES string of the molecule is C[C@@H](C(=O)OCC(=O)Nc1ccccc1Sc1ccc(Cl)cc1)N1C(=O)[C@H]2CC=CC[C@@H]2C1=O. The highest BCUT2D eigenvalue weighted by Crippen LogP contribution is 2.36. The van der Waals surface area contributed by atoms with Crippen molar-refractivity contribution in [1.82, 2.24) is 4.90 Å². The molecule has 1 heterocycles. The molecule has 34 heavy (non-hydrogen) atoms. The zero-order chi connectivity index (χ0) is 24.2. The van der Waals surface area contributed by atoms with Gasteiger partial charge in [-0.25, -0.2) is 4.79 Å². The average Bonchev–Trinajstić information content (AvgIpc) is 3.10. The second-order valence-corrected chi connectivity index (χ2v) is 9.64. The van der Waals surface area contributed by atoms with Gasteiger partial charge in [0.05, 0.1) is 17.5 Å². The maximum absolute atomic E-state index is 12.7. The normalized spacial score (nSPS) is 20.1. The first-order valence-corrected chi connectivity index (χ1v) is 12.1. The second-order valence-electron chi connectivity index (χ2n) is 8.09. The van der Waals surface area contributed by atoms with Crippen LogP contribution in [0.1, 0.15) is 19.8 Å². The van der Waals surface area contributed by atoms with E-state index in [1.54, 1.807) is 24.3 Å². The van der Waals surface area contributed by atoms with Crippen LogP contribution in [-0.2, 0) is 23.9 Å². The van der Waals surface area contributed by atoms with Crippen molar-refractivity contribution in [2.75, 3.05) is 11.9 Å². The fourth-order valence-corrected chi connectivity index (χ4v) is 5.07. The van der Waals surface area contributed by atoms with Gasteiger partial charge in [-0.05, 0) is 56.2 Å². The highest BCUT2D eigenvalue weighted by atomic mass is 35.5. The van der Waals surface area contributed by atoms with E-state index in [0.717, 1.165) is 14.7 Å². The molecule has 1 fully saturated rings. The lowest BCUT2D eigenvalue weighted by Crippen LogP contribution is -2.45. The van der Waals surface area contributed by atoms with Gasteiger partial charge in [0.15, 0.2) is 6.61 Å². The summed E-state index contributed by atoms with van der Waals surface area (Å²) in [6.07, 6.45) is 4.74. The molecule has 1 aliphatic carbocycles. The summed E-state index contributed by atoms with van der Waals surface area (Å²) in [6.45, 7) is 0.909. The van der Waals surface area contributed by atoms with Crippen molar-refractivity contribution in [3.63, 3.8) is 0 Å². The molecule has 0 spiro atoms. The van der Waals surface area contributed by atoms with Crippen molar-refractivity contribution in [3.05, 3.63) is 65.7 Å². The first kappa shape index (κ1) is 24.0. The third-order valence-electron chi connectivity index (χ3n) is 5.82. The van der Waals surface area contributed by atoms with Gasteiger partial charge in [0.1, 0.15) is 6.04 Å². The summed E-state index contributed by atoms with van der Waals surface area (Å²) in [6, 6.07) is 13.5. The van der Waals surface area contributed by atoms with Gasteiger partial charge in [0.25, 0.3) is 5.91 Å². The van der Waals surface area contributed by atoms with Crippen LogP contribution in [0.15, 0.2) is 70.5 Å². The van der Waals surface area contributed by atoms with E-state index in [9.17, 15) is 19.2 Å². The summed E-state index contributed by atoms with van der Waals surface area (Å²) in [5.41, 5.74) is 0.568. The van der Waals surface area contributed by atoms with Crippen LogP contribution in [0, 0.1) is 11.8 Å². The quantitative estimate of drug-likeness (QED) is 0.347. The summed E-state index contributed by atoms with van der Waals surface area (Å²) in [4.78, 5) is 53.1. The lowest BCUT2D eigenvalue weighted by Gasteiger charge is -2.21. The van der Waals surface area contributed by atoms with Crippen LogP contribution in [0.25, 0.3) is 0 Å². The number of nitrogens with one attached hydrogen (secondary N) is 1. The van der Waals surface area contributed by atoms with Gasteiger partial charge < -0.3 is 10.1 Å². The number of likely N-dealkylation sites (tertiary alicyclic amines) is 1. The number of rotatable bonds is 7. The molecule has 0 saturated carbocycles. The highest BCUT2D eigenvalue weighted by Gasteiger charge is 2.50. The van der Waals surface area contributed by atoms with E-state index in [4.69, 9.17) is 16.3 Å². The summed E-state index contributed by atoms with van der Waals surface area (Å²) in [7, 11) is 0. The smallest absolute Gasteiger partial charge is 0.329 e. The molecule has 1 aliphatic heterocycles. The van der Waals surface area contributed by atoms with Gasteiger partial charge >= 0.3 is 5.97 Å². The zero-order valence-corrected chi connectivity index (χ0v) is 20.0. The molecular formula is C25H23ClN2O5S. The number of benzene rings is 2. The molecule has 0 bridgehead atoms. The van der Waals surface area contributed by atoms with E-state index in [-0.39, 0.29) is 11.8 Å². The third-order valence-corrected chi connectivity index (χ3v) is 7.15. The number of halogens is 1. The summed E-state index contributed by atoms with van der Waals surface area (Å²) >= 11 is 7.39. The number of hydrogen-bond donors (Lipinski definition) is 1. The molecule has 1 N–H and O–H groups in total. The number of nitrogens with zero attached hydrogens (tertiary/aromatic N) is 1. The molecule has 7 nitrogen and oxygen atoms in total. The maximum atomic E-state index is 12.7. The number of esters is 1. The van der Waals surface area contributed by atoms with Gasteiger partial charge in [0, 0.05) is 14.8 Å². The van der Waals surface area contributed by atoms with E-state index < -0.39 is 36.4 Å². The van der Waals surface area contributed by atoms with Gasteiger partial charge in [-0.2, -0.15) is 0 Å². The van der Waals surface area contributed by atoms with Crippen LogP contribution in [-0.4, -0.2) is 41.2 Å². The monoisotopic (exact) mass is 498 g/mol. The van der Waals surface area contributed by atoms with Crippen LogP contribution >= 0.6 is 23.4 Å².